The van der Waals surface area contributed by atoms with E-state index in [0.29, 0.717) is 70.6 Å². The van der Waals surface area contributed by atoms with Gasteiger partial charge in [-0.25, -0.2) is 0 Å². The van der Waals surface area contributed by atoms with E-state index in [-0.39, 0.29) is 11.8 Å². The van der Waals surface area contributed by atoms with Crippen LogP contribution in [0.3, 0.4) is 0 Å². The maximum Gasteiger partial charge on any atom is 0.254 e. The topological polar surface area (TPSA) is 135 Å². The van der Waals surface area contributed by atoms with Gasteiger partial charge in [0.25, 0.3) is 5.91 Å². The van der Waals surface area contributed by atoms with E-state index < -0.39 is 17.5 Å². The molecule has 2 N–H and O–H groups in total. The summed E-state index contributed by atoms with van der Waals surface area (Å²) < 4.78 is 18.6. The van der Waals surface area contributed by atoms with E-state index in [1.54, 1.807) is 7.05 Å². The smallest absolute Gasteiger partial charge is 0.254 e. The van der Waals surface area contributed by atoms with Gasteiger partial charge in [-0.15, -0.1) is 0 Å². The number of aldehydes is 1. The summed E-state index contributed by atoms with van der Waals surface area (Å²) in [7, 11) is 1.62. The number of aromatic nitrogens is 1. The number of benzene rings is 1. The van der Waals surface area contributed by atoms with Gasteiger partial charge >= 0.3 is 0 Å². The van der Waals surface area contributed by atoms with Crippen molar-refractivity contribution in [3.63, 3.8) is 0 Å². The average Bonchev–Trinajstić information content (AvgIpc) is 3.44. The number of rotatable bonds is 22. The van der Waals surface area contributed by atoms with E-state index in [2.05, 4.69) is 27.3 Å². The van der Waals surface area contributed by atoms with Crippen LogP contribution in [0.2, 0.25) is 0 Å². The molecule has 1 aromatic carbocycles. The summed E-state index contributed by atoms with van der Waals surface area (Å²) >= 11 is 0. The highest BCUT2D eigenvalue weighted by Gasteiger charge is 2.37. The van der Waals surface area contributed by atoms with E-state index in [9.17, 15) is 14.4 Å². The number of para-hydroxylation sites is 1. The third-order valence-electron chi connectivity index (χ3n) is 8.92. The first-order chi connectivity index (χ1) is 23.2. The summed E-state index contributed by atoms with van der Waals surface area (Å²) in [6.07, 6.45) is 10.9. The predicted molar refractivity (Wildman–Crippen MR) is 187 cm³/mol. The molecule has 11 nitrogen and oxygen atoms in total. The fourth-order valence-electron chi connectivity index (χ4n) is 6.07. The Labute approximate surface area is 286 Å². The lowest BCUT2D eigenvalue weighted by atomic mass is 9.85. The van der Waals surface area contributed by atoms with Gasteiger partial charge < -0.3 is 39.1 Å². The fraction of sp³-hybridized carbons (Fsp3) is 0.676. The molecule has 1 aliphatic carbocycles. The molecule has 1 heterocycles. The van der Waals surface area contributed by atoms with Crippen LogP contribution in [-0.2, 0) is 30.3 Å². The molecular formula is C37H57N5O6. The van der Waals surface area contributed by atoms with Crippen LogP contribution in [0.5, 0.6) is 0 Å². The summed E-state index contributed by atoms with van der Waals surface area (Å²) in [5.41, 5.74) is 1.00. The molecule has 2 atom stereocenters. The van der Waals surface area contributed by atoms with Crippen molar-refractivity contribution in [1.29, 1.82) is 5.26 Å². The summed E-state index contributed by atoms with van der Waals surface area (Å²) in [6, 6.07) is 8.52. The second-order valence-corrected chi connectivity index (χ2v) is 13.8. The van der Waals surface area contributed by atoms with E-state index in [0.717, 1.165) is 36.6 Å². The first kappa shape index (κ1) is 39.1. The maximum absolute atomic E-state index is 13.8. The second-order valence-electron chi connectivity index (χ2n) is 13.8. The van der Waals surface area contributed by atoms with Crippen LogP contribution >= 0.6 is 0 Å². The van der Waals surface area contributed by atoms with Crippen LogP contribution in [0.15, 0.2) is 30.5 Å². The second kappa shape index (κ2) is 20.9. The molecule has 0 radical (unpaired) electrons. The van der Waals surface area contributed by atoms with Gasteiger partial charge in [0, 0.05) is 56.9 Å². The van der Waals surface area contributed by atoms with Crippen molar-refractivity contribution >= 4 is 29.0 Å². The standard InChI is InChI=1S/C37H57N5O6/c1-37(2,3)34(40-35(44)32-27-42(26-29-13-6-5-7-14-29)33-16-9-8-15-31(32)33)36(45)41(4)30(28-43)25-39-18-12-20-47-22-24-48-23-21-46-19-11-10-17-38/h8-9,15-16,27-30,34,39H,5-7,10-14,18-26H2,1-4H3,(H,40,44)/t30?,34-/m1/s1. The van der Waals surface area contributed by atoms with Gasteiger partial charge in [0.2, 0.25) is 5.91 Å². The lowest BCUT2D eigenvalue weighted by Crippen LogP contribution is -2.57. The van der Waals surface area contributed by atoms with Crippen LogP contribution in [0.1, 0.15) is 82.5 Å². The molecule has 1 aliphatic rings. The molecule has 48 heavy (non-hydrogen) atoms. The first-order valence-electron chi connectivity index (χ1n) is 17.6. The van der Waals surface area contributed by atoms with Gasteiger partial charge in [-0.05, 0) is 49.6 Å². The van der Waals surface area contributed by atoms with E-state index in [4.69, 9.17) is 19.5 Å². The Balaban J connectivity index is 1.46. The zero-order valence-corrected chi connectivity index (χ0v) is 29.5. The highest BCUT2D eigenvalue weighted by Crippen LogP contribution is 2.29. The lowest BCUT2D eigenvalue weighted by Gasteiger charge is -2.35. The number of nitriles is 1. The Morgan fingerprint density at radius 3 is 2.31 bits per heavy atom. The number of fused-ring (bicyclic) bond motifs is 1. The molecule has 1 fully saturated rings. The van der Waals surface area contributed by atoms with Gasteiger partial charge in [-0.3, -0.25) is 9.59 Å². The normalized spacial score (nSPS) is 15.1. The van der Waals surface area contributed by atoms with Crippen molar-refractivity contribution in [2.75, 3.05) is 59.8 Å². The summed E-state index contributed by atoms with van der Waals surface area (Å²) in [6.45, 7) is 10.6. The molecule has 2 amide bonds. The minimum atomic E-state index is -0.830. The molecule has 1 saturated carbocycles. The van der Waals surface area contributed by atoms with Crippen molar-refractivity contribution in [3.05, 3.63) is 36.0 Å². The summed E-state index contributed by atoms with van der Waals surface area (Å²) in [4.78, 5) is 41.1. The van der Waals surface area contributed by atoms with Crippen molar-refractivity contribution in [2.24, 2.45) is 11.3 Å². The largest absolute Gasteiger partial charge is 0.379 e. The van der Waals surface area contributed by atoms with Gasteiger partial charge in [0.05, 0.1) is 44.1 Å². The number of carbonyl (C=O) groups is 3. The number of likely N-dealkylation sites (N-methyl/N-ethyl adjacent to an activating group) is 1. The van der Waals surface area contributed by atoms with Crippen molar-refractivity contribution in [1.82, 2.24) is 20.1 Å². The zero-order valence-electron chi connectivity index (χ0n) is 29.5. The predicted octanol–water partition coefficient (Wildman–Crippen LogP) is 4.73. The molecular weight excluding hydrogens is 610 g/mol. The van der Waals surface area contributed by atoms with E-state index >= 15 is 0 Å². The molecule has 0 aliphatic heterocycles. The van der Waals surface area contributed by atoms with Crippen LogP contribution < -0.4 is 10.6 Å². The molecule has 0 spiro atoms. The highest BCUT2D eigenvalue weighted by atomic mass is 16.5. The average molecular weight is 668 g/mol. The SMILES string of the molecule is CN(C(=O)[C@@H](NC(=O)c1cn(CC2CCCCC2)c2ccccc12)C(C)(C)C)C(C=O)CNCCCOCCOCCOCCCC#N. The number of ether oxygens (including phenoxy) is 3. The van der Waals surface area contributed by atoms with Gasteiger partial charge in [-0.1, -0.05) is 58.2 Å². The Bertz CT molecular complexity index is 1310. The molecule has 11 heteroatoms. The van der Waals surface area contributed by atoms with Crippen LogP contribution in [0, 0.1) is 22.7 Å². The maximum atomic E-state index is 13.8. The summed E-state index contributed by atoms with van der Waals surface area (Å²) in [5.74, 6) is 0.00544. The lowest BCUT2D eigenvalue weighted by molar-refractivity contribution is -0.138. The number of carbonyl (C=O) groups excluding carboxylic acids is 3. The fourth-order valence-corrected chi connectivity index (χ4v) is 6.07. The number of unbranched alkanes of at least 4 members (excludes halogenated alkanes) is 1. The van der Waals surface area contributed by atoms with Gasteiger partial charge in [0.1, 0.15) is 12.3 Å². The number of amides is 2. The third-order valence-corrected chi connectivity index (χ3v) is 8.92. The monoisotopic (exact) mass is 667 g/mol. The third kappa shape index (κ3) is 12.6. The Kier molecular flexibility index (Phi) is 17.1. The minimum Gasteiger partial charge on any atom is -0.379 e. The number of hydrogen-bond acceptors (Lipinski definition) is 8. The van der Waals surface area contributed by atoms with Gasteiger partial charge in [-0.2, -0.15) is 5.26 Å². The number of hydrogen-bond donors (Lipinski definition) is 2. The van der Waals surface area contributed by atoms with Crippen molar-refractivity contribution in [2.45, 2.75) is 90.8 Å². The number of nitrogens with one attached hydrogen (secondary N) is 2. The Morgan fingerprint density at radius 1 is 1.02 bits per heavy atom. The highest BCUT2D eigenvalue weighted by molar-refractivity contribution is 6.08. The summed E-state index contributed by atoms with van der Waals surface area (Å²) in [5, 5.41) is 15.7. The molecule has 1 unspecified atom stereocenters. The molecule has 0 saturated heterocycles. The first-order valence-corrected chi connectivity index (χ1v) is 17.6. The zero-order chi connectivity index (χ0) is 34.8. The molecule has 266 valence electrons. The van der Waals surface area contributed by atoms with E-state index in [1.807, 2.05) is 45.2 Å². The van der Waals surface area contributed by atoms with Crippen LogP contribution in [0.4, 0.5) is 0 Å². The number of nitrogens with zero attached hydrogens (tertiary/aromatic N) is 3. The van der Waals surface area contributed by atoms with Crippen molar-refractivity contribution in [3.8, 4) is 6.07 Å². The van der Waals surface area contributed by atoms with Crippen molar-refractivity contribution < 1.29 is 28.6 Å². The molecule has 0 bridgehead atoms. The van der Waals surface area contributed by atoms with Crippen LogP contribution in [0.25, 0.3) is 10.9 Å². The quantitative estimate of drug-likeness (QED) is 0.136. The molecule has 3 rings (SSSR count). The Hall–Kier alpha value is -3.30. The van der Waals surface area contributed by atoms with Gasteiger partial charge in [0.15, 0.2) is 0 Å². The minimum absolute atomic E-state index is 0.290. The van der Waals surface area contributed by atoms with Crippen LogP contribution in [-0.4, -0.2) is 99.4 Å². The molecule has 1 aromatic heterocycles. The Morgan fingerprint density at radius 2 is 1.67 bits per heavy atom. The molecule has 2 aromatic rings. The van der Waals surface area contributed by atoms with E-state index in [1.165, 1.54) is 37.0 Å².